The molecule has 0 unspecified atom stereocenters. The van der Waals surface area contributed by atoms with Gasteiger partial charge in [0.25, 0.3) is 0 Å². The van der Waals surface area contributed by atoms with E-state index in [1.807, 2.05) is 19.1 Å². The van der Waals surface area contributed by atoms with E-state index in [4.69, 9.17) is 9.47 Å². The summed E-state index contributed by atoms with van der Waals surface area (Å²) in [5.41, 5.74) is 3.85. The fraction of sp³-hybridized carbons (Fsp3) is 0.192. The smallest absolute Gasteiger partial charge is 0.231 e. The number of rotatable bonds is 5. The molecule has 4 rings (SSSR count). The van der Waals surface area contributed by atoms with E-state index in [2.05, 4.69) is 26.0 Å². The third-order valence-electron chi connectivity index (χ3n) is 5.28. The van der Waals surface area contributed by atoms with Gasteiger partial charge in [-0.1, -0.05) is 56.3 Å². The van der Waals surface area contributed by atoms with Crippen LogP contribution in [0.25, 0.3) is 6.08 Å². The summed E-state index contributed by atoms with van der Waals surface area (Å²) in [4.78, 5) is 12.8. The van der Waals surface area contributed by atoms with E-state index in [9.17, 15) is 9.18 Å². The van der Waals surface area contributed by atoms with Crippen LogP contribution in [0.4, 0.5) is 4.39 Å². The van der Waals surface area contributed by atoms with E-state index < -0.39 is 0 Å². The molecule has 0 aliphatic carbocycles. The highest BCUT2D eigenvalue weighted by Crippen LogP contribution is 2.39. The molecular formula is C26H23FO3. The minimum absolute atomic E-state index is 0.102. The lowest BCUT2D eigenvalue weighted by Crippen LogP contribution is -2.00. The quantitative estimate of drug-likeness (QED) is 0.460. The first kappa shape index (κ1) is 19.9. The van der Waals surface area contributed by atoms with Gasteiger partial charge in [-0.15, -0.1) is 0 Å². The van der Waals surface area contributed by atoms with Crippen LogP contribution in [-0.4, -0.2) is 5.78 Å². The van der Waals surface area contributed by atoms with Gasteiger partial charge in [-0.3, -0.25) is 4.79 Å². The summed E-state index contributed by atoms with van der Waals surface area (Å²) in [6.07, 6.45) is 1.76. The van der Waals surface area contributed by atoms with Crippen molar-refractivity contribution in [3.8, 4) is 11.5 Å². The molecule has 0 atom stereocenters. The molecule has 0 saturated heterocycles. The largest absolute Gasteiger partial charge is 0.488 e. The Labute approximate surface area is 175 Å². The van der Waals surface area contributed by atoms with Gasteiger partial charge in [0.05, 0.1) is 5.56 Å². The zero-order valence-electron chi connectivity index (χ0n) is 17.2. The van der Waals surface area contributed by atoms with Crippen LogP contribution in [0.2, 0.25) is 0 Å². The number of carbonyl (C=O) groups is 1. The lowest BCUT2D eigenvalue weighted by atomic mass is 10.0. The Morgan fingerprint density at radius 3 is 2.47 bits per heavy atom. The summed E-state index contributed by atoms with van der Waals surface area (Å²) in [6.45, 7) is 6.22. The molecule has 3 aromatic rings. The second kappa shape index (κ2) is 8.15. The summed E-state index contributed by atoms with van der Waals surface area (Å²) in [5, 5.41) is 0. The van der Waals surface area contributed by atoms with Gasteiger partial charge in [-0.05, 0) is 48.2 Å². The molecule has 3 nitrogen and oxygen atoms in total. The highest BCUT2D eigenvalue weighted by atomic mass is 19.1. The van der Waals surface area contributed by atoms with Crippen LogP contribution in [-0.2, 0) is 6.61 Å². The summed E-state index contributed by atoms with van der Waals surface area (Å²) in [5.74, 6) is 1.34. The molecule has 0 fully saturated rings. The number of ketones is 1. The molecule has 0 spiro atoms. The van der Waals surface area contributed by atoms with Crippen LogP contribution >= 0.6 is 0 Å². The average molecular weight is 402 g/mol. The van der Waals surface area contributed by atoms with E-state index in [0.717, 1.165) is 11.1 Å². The van der Waals surface area contributed by atoms with E-state index in [-0.39, 0.29) is 24.0 Å². The second-order valence-corrected chi connectivity index (χ2v) is 7.71. The van der Waals surface area contributed by atoms with Crippen LogP contribution in [0, 0.1) is 12.7 Å². The number of allylic oxidation sites excluding steroid dienone is 1. The highest BCUT2D eigenvalue weighted by Gasteiger charge is 2.30. The normalized spacial score (nSPS) is 14.2. The Bertz CT molecular complexity index is 1130. The number of Topliss-reactive ketones (excluding diaryl/α,β-unsaturated/α-hetero) is 1. The minimum atomic E-state index is -0.309. The Hall–Kier alpha value is -3.40. The number of carbonyl (C=O) groups excluding carboxylic acids is 1. The lowest BCUT2D eigenvalue weighted by Gasteiger charge is -2.12. The van der Waals surface area contributed by atoms with Gasteiger partial charge in [0, 0.05) is 11.1 Å². The van der Waals surface area contributed by atoms with Crippen molar-refractivity contribution in [3.05, 3.63) is 100 Å². The van der Waals surface area contributed by atoms with Crippen molar-refractivity contribution in [1.82, 2.24) is 0 Å². The number of halogens is 1. The number of fused-ring (bicyclic) bond motifs is 1. The molecule has 0 N–H and O–H groups in total. The maximum atomic E-state index is 13.8. The van der Waals surface area contributed by atoms with Gasteiger partial charge in [0.1, 0.15) is 23.9 Å². The van der Waals surface area contributed by atoms with Crippen molar-refractivity contribution in [2.75, 3.05) is 0 Å². The SMILES string of the molecule is Cc1c(OCc2ccccc2F)ccc2c1O/C(=C\c1ccc(C(C)C)cc1)C2=O. The van der Waals surface area contributed by atoms with E-state index in [0.29, 0.717) is 28.5 Å². The fourth-order valence-corrected chi connectivity index (χ4v) is 3.42. The summed E-state index contributed by atoms with van der Waals surface area (Å²) in [6, 6.07) is 18.0. The van der Waals surface area contributed by atoms with Gasteiger partial charge < -0.3 is 9.47 Å². The average Bonchev–Trinajstić information content (AvgIpc) is 3.05. The fourth-order valence-electron chi connectivity index (χ4n) is 3.42. The summed E-state index contributed by atoms with van der Waals surface area (Å²) >= 11 is 0. The lowest BCUT2D eigenvalue weighted by molar-refractivity contribution is 0.101. The number of benzene rings is 3. The van der Waals surface area contributed by atoms with E-state index >= 15 is 0 Å². The van der Waals surface area contributed by atoms with E-state index in [1.165, 1.54) is 11.6 Å². The molecule has 0 saturated carbocycles. The molecule has 30 heavy (non-hydrogen) atoms. The molecule has 0 radical (unpaired) electrons. The Balaban J connectivity index is 1.55. The molecule has 3 aromatic carbocycles. The van der Waals surface area contributed by atoms with E-state index in [1.54, 1.807) is 36.4 Å². The minimum Gasteiger partial charge on any atom is -0.488 e. The van der Waals surface area contributed by atoms with Crippen molar-refractivity contribution < 1.29 is 18.7 Å². The van der Waals surface area contributed by atoms with Gasteiger partial charge in [-0.2, -0.15) is 0 Å². The third-order valence-corrected chi connectivity index (χ3v) is 5.28. The molecule has 0 bridgehead atoms. The van der Waals surface area contributed by atoms with Crippen molar-refractivity contribution in [2.45, 2.75) is 33.3 Å². The first-order chi connectivity index (χ1) is 14.4. The predicted molar refractivity (Wildman–Crippen MR) is 115 cm³/mol. The topological polar surface area (TPSA) is 35.5 Å². The molecule has 4 heteroatoms. The van der Waals surface area contributed by atoms with Crippen molar-refractivity contribution >= 4 is 11.9 Å². The Morgan fingerprint density at radius 2 is 1.77 bits per heavy atom. The Morgan fingerprint density at radius 1 is 1.03 bits per heavy atom. The van der Waals surface area contributed by atoms with Crippen LogP contribution in [0.15, 0.2) is 66.4 Å². The van der Waals surface area contributed by atoms with Crippen LogP contribution < -0.4 is 9.47 Å². The predicted octanol–water partition coefficient (Wildman–Crippen LogP) is 6.45. The van der Waals surface area contributed by atoms with Crippen molar-refractivity contribution in [1.29, 1.82) is 0 Å². The number of hydrogen-bond acceptors (Lipinski definition) is 3. The molecule has 0 amide bonds. The van der Waals surface area contributed by atoms with Gasteiger partial charge >= 0.3 is 0 Å². The zero-order chi connectivity index (χ0) is 21.3. The monoisotopic (exact) mass is 402 g/mol. The number of ether oxygens (including phenoxy) is 2. The summed E-state index contributed by atoms with van der Waals surface area (Å²) < 4.78 is 25.5. The van der Waals surface area contributed by atoms with Crippen LogP contribution in [0.5, 0.6) is 11.5 Å². The molecule has 1 aliphatic heterocycles. The Kier molecular flexibility index (Phi) is 5.40. The van der Waals surface area contributed by atoms with Gasteiger partial charge in [0.15, 0.2) is 5.76 Å². The molecular weight excluding hydrogens is 379 g/mol. The first-order valence-electron chi connectivity index (χ1n) is 9.98. The molecule has 1 aliphatic rings. The molecule has 152 valence electrons. The molecule has 1 heterocycles. The highest BCUT2D eigenvalue weighted by molar-refractivity contribution is 6.14. The second-order valence-electron chi connectivity index (χ2n) is 7.71. The van der Waals surface area contributed by atoms with Gasteiger partial charge in [-0.25, -0.2) is 4.39 Å². The first-order valence-corrected chi connectivity index (χ1v) is 9.98. The molecule has 0 aromatic heterocycles. The summed E-state index contributed by atoms with van der Waals surface area (Å²) in [7, 11) is 0. The van der Waals surface area contributed by atoms with Crippen LogP contribution in [0.1, 0.15) is 52.4 Å². The maximum absolute atomic E-state index is 13.8. The third kappa shape index (κ3) is 3.86. The number of hydrogen-bond donors (Lipinski definition) is 0. The zero-order valence-corrected chi connectivity index (χ0v) is 17.2. The maximum Gasteiger partial charge on any atom is 0.231 e. The van der Waals surface area contributed by atoms with Crippen LogP contribution in [0.3, 0.4) is 0 Å². The van der Waals surface area contributed by atoms with Gasteiger partial charge in [0.2, 0.25) is 5.78 Å². The van der Waals surface area contributed by atoms with Crippen molar-refractivity contribution in [2.24, 2.45) is 0 Å². The standard InChI is InChI=1S/C26H23FO3/c1-16(2)19-10-8-18(9-11-19)14-24-25(28)21-12-13-23(17(3)26(21)30-24)29-15-20-6-4-5-7-22(20)27/h4-14,16H,15H2,1-3H3/b24-14-. The van der Waals surface area contributed by atoms with Crippen molar-refractivity contribution in [3.63, 3.8) is 0 Å².